The molecule has 0 aliphatic heterocycles. The lowest BCUT2D eigenvalue weighted by molar-refractivity contribution is -0.117. The molecule has 2 aromatic rings. The van der Waals surface area contributed by atoms with Crippen molar-refractivity contribution in [1.29, 1.82) is 5.26 Å². The molecule has 4 heteroatoms. The fourth-order valence-electron chi connectivity index (χ4n) is 2.99. The fraction of sp³-hybridized carbons (Fsp3) is 0.333. The van der Waals surface area contributed by atoms with E-state index in [0.717, 1.165) is 35.5 Å². The van der Waals surface area contributed by atoms with Crippen molar-refractivity contribution in [2.45, 2.75) is 46.6 Å². The van der Waals surface area contributed by atoms with Gasteiger partial charge in [0.15, 0.2) is 0 Å². The van der Waals surface area contributed by atoms with Crippen molar-refractivity contribution in [2.24, 2.45) is 0 Å². The molecule has 0 atom stereocenters. The molecule has 25 heavy (non-hydrogen) atoms. The fourth-order valence-corrected chi connectivity index (χ4v) is 2.99. The van der Waals surface area contributed by atoms with E-state index < -0.39 is 0 Å². The summed E-state index contributed by atoms with van der Waals surface area (Å²) in [5, 5.41) is 12.2. The SMILES string of the molecule is Cc1ccc(-n2c(C)cc(/C=C(\C#N)C(=O)NC3CC3)c2C)cc1C. The third-order valence-electron chi connectivity index (χ3n) is 4.80. The Balaban J connectivity index is 1.98. The first-order valence-corrected chi connectivity index (χ1v) is 8.60. The Bertz CT molecular complexity index is 908. The van der Waals surface area contributed by atoms with Crippen molar-refractivity contribution < 1.29 is 4.79 Å². The monoisotopic (exact) mass is 333 g/mol. The lowest BCUT2D eigenvalue weighted by Gasteiger charge is -2.12. The highest BCUT2D eigenvalue weighted by Crippen LogP contribution is 2.25. The van der Waals surface area contributed by atoms with E-state index in [1.54, 1.807) is 6.08 Å². The highest BCUT2D eigenvalue weighted by atomic mass is 16.1. The number of nitrogens with zero attached hydrogens (tertiary/aromatic N) is 2. The van der Waals surface area contributed by atoms with Crippen molar-refractivity contribution in [1.82, 2.24) is 9.88 Å². The lowest BCUT2D eigenvalue weighted by Crippen LogP contribution is -2.26. The maximum Gasteiger partial charge on any atom is 0.262 e. The number of aryl methyl sites for hydroxylation is 3. The summed E-state index contributed by atoms with van der Waals surface area (Å²) in [7, 11) is 0. The first-order chi connectivity index (χ1) is 11.9. The van der Waals surface area contributed by atoms with Gasteiger partial charge in [-0.3, -0.25) is 4.79 Å². The number of hydrogen-bond donors (Lipinski definition) is 1. The molecule has 0 spiro atoms. The molecule has 0 saturated heterocycles. The second-order valence-corrected chi connectivity index (χ2v) is 6.85. The molecular weight excluding hydrogens is 310 g/mol. The first kappa shape index (κ1) is 17.0. The Morgan fingerprint density at radius 3 is 2.52 bits per heavy atom. The maximum absolute atomic E-state index is 12.2. The average Bonchev–Trinajstić information content (AvgIpc) is 3.33. The molecule has 0 unspecified atom stereocenters. The molecule has 0 radical (unpaired) electrons. The number of nitriles is 1. The molecule has 1 saturated carbocycles. The van der Waals surface area contributed by atoms with Crippen LogP contribution in [-0.4, -0.2) is 16.5 Å². The van der Waals surface area contributed by atoms with Crippen LogP contribution in [0.25, 0.3) is 11.8 Å². The normalized spacial score (nSPS) is 14.3. The van der Waals surface area contributed by atoms with Gasteiger partial charge in [-0.15, -0.1) is 0 Å². The van der Waals surface area contributed by atoms with Crippen LogP contribution in [0.1, 0.15) is 40.9 Å². The minimum Gasteiger partial charge on any atom is -0.349 e. The van der Waals surface area contributed by atoms with Crippen molar-refractivity contribution in [3.8, 4) is 11.8 Å². The zero-order valence-corrected chi connectivity index (χ0v) is 15.2. The van der Waals surface area contributed by atoms with Crippen LogP contribution in [0.3, 0.4) is 0 Å². The van der Waals surface area contributed by atoms with Crippen LogP contribution in [-0.2, 0) is 4.79 Å². The summed E-state index contributed by atoms with van der Waals surface area (Å²) in [6.45, 7) is 8.25. The highest BCUT2D eigenvalue weighted by molar-refractivity contribution is 6.02. The van der Waals surface area contributed by atoms with Gasteiger partial charge < -0.3 is 9.88 Å². The molecular formula is C21H23N3O. The van der Waals surface area contributed by atoms with Crippen molar-refractivity contribution in [3.63, 3.8) is 0 Å². The minimum atomic E-state index is -0.277. The summed E-state index contributed by atoms with van der Waals surface area (Å²) in [6.07, 6.45) is 3.70. The highest BCUT2D eigenvalue weighted by Gasteiger charge is 2.25. The number of carbonyl (C=O) groups is 1. The van der Waals surface area contributed by atoms with Crippen LogP contribution in [0.15, 0.2) is 29.8 Å². The van der Waals surface area contributed by atoms with Gasteiger partial charge in [-0.05, 0) is 81.5 Å². The Morgan fingerprint density at radius 2 is 1.92 bits per heavy atom. The molecule has 4 nitrogen and oxygen atoms in total. The van der Waals surface area contributed by atoms with Crippen LogP contribution < -0.4 is 5.32 Å². The summed E-state index contributed by atoms with van der Waals surface area (Å²) < 4.78 is 2.16. The Labute approximate surface area is 148 Å². The van der Waals surface area contributed by atoms with Gasteiger partial charge in [0.25, 0.3) is 5.91 Å². The molecule has 1 amide bonds. The van der Waals surface area contributed by atoms with Crippen LogP contribution in [0.5, 0.6) is 0 Å². The Morgan fingerprint density at radius 1 is 1.20 bits per heavy atom. The van der Waals surface area contributed by atoms with Crippen LogP contribution in [0.4, 0.5) is 0 Å². The van der Waals surface area contributed by atoms with Gasteiger partial charge in [-0.25, -0.2) is 0 Å². The lowest BCUT2D eigenvalue weighted by atomic mass is 10.1. The van der Waals surface area contributed by atoms with E-state index in [4.69, 9.17) is 0 Å². The van der Waals surface area contributed by atoms with E-state index in [0.29, 0.717) is 0 Å². The van der Waals surface area contributed by atoms with Crippen LogP contribution in [0.2, 0.25) is 0 Å². The topological polar surface area (TPSA) is 57.8 Å². The zero-order chi connectivity index (χ0) is 18.1. The standard InChI is InChI=1S/C21H23N3O/c1-13-5-8-20(9-14(13)2)24-15(3)10-17(16(24)4)11-18(12-22)21(25)23-19-6-7-19/h5,8-11,19H,6-7H2,1-4H3,(H,23,25)/b18-11+. The smallest absolute Gasteiger partial charge is 0.262 e. The number of carbonyl (C=O) groups excluding carboxylic acids is 1. The second kappa shape index (κ2) is 6.60. The Kier molecular flexibility index (Phi) is 4.50. The molecule has 1 aromatic heterocycles. The number of nitrogens with one attached hydrogen (secondary N) is 1. The molecule has 0 bridgehead atoms. The molecule has 1 heterocycles. The summed E-state index contributed by atoms with van der Waals surface area (Å²) in [4.78, 5) is 12.2. The van der Waals surface area contributed by atoms with E-state index >= 15 is 0 Å². The quantitative estimate of drug-likeness (QED) is 0.681. The zero-order valence-electron chi connectivity index (χ0n) is 15.2. The molecule has 1 aliphatic carbocycles. The average molecular weight is 333 g/mol. The van der Waals surface area contributed by atoms with Gasteiger partial charge in [-0.2, -0.15) is 5.26 Å². The van der Waals surface area contributed by atoms with Gasteiger partial charge in [0.2, 0.25) is 0 Å². The molecule has 3 rings (SSSR count). The molecule has 1 N–H and O–H groups in total. The minimum absolute atomic E-state index is 0.159. The van der Waals surface area contributed by atoms with Gasteiger partial charge in [0, 0.05) is 23.1 Å². The molecule has 128 valence electrons. The van der Waals surface area contributed by atoms with Crippen molar-refractivity contribution in [2.75, 3.05) is 0 Å². The third kappa shape index (κ3) is 3.51. The van der Waals surface area contributed by atoms with Gasteiger partial charge >= 0.3 is 0 Å². The van der Waals surface area contributed by atoms with E-state index in [1.807, 2.05) is 26.0 Å². The van der Waals surface area contributed by atoms with Crippen molar-refractivity contribution >= 4 is 12.0 Å². The molecule has 1 aliphatic rings. The number of rotatable bonds is 4. The van der Waals surface area contributed by atoms with E-state index in [9.17, 15) is 10.1 Å². The summed E-state index contributed by atoms with van der Waals surface area (Å²) in [5.41, 5.74) is 6.75. The van der Waals surface area contributed by atoms with E-state index in [-0.39, 0.29) is 17.5 Å². The second-order valence-electron chi connectivity index (χ2n) is 6.85. The summed E-state index contributed by atoms with van der Waals surface area (Å²) >= 11 is 0. The number of hydrogen-bond acceptors (Lipinski definition) is 2. The summed E-state index contributed by atoms with van der Waals surface area (Å²) in [6, 6.07) is 10.7. The van der Waals surface area contributed by atoms with Crippen LogP contribution >= 0.6 is 0 Å². The van der Waals surface area contributed by atoms with Gasteiger partial charge in [-0.1, -0.05) is 6.07 Å². The largest absolute Gasteiger partial charge is 0.349 e. The van der Waals surface area contributed by atoms with E-state index in [2.05, 4.69) is 41.9 Å². The molecule has 1 aromatic carbocycles. The van der Waals surface area contributed by atoms with Gasteiger partial charge in [0.05, 0.1) is 0 Å². The molecule has 1 fully saturated rings. The maximum atomic E-state index is 12.2. The van der Waals surface area contributed by atoms with E-state index in [1.165, 1.54) is 11.1 Å². The number of aromatic nitrogens is 1. The van der Waals surface area contributed by atoms with Crippen LogP contribution in [0, 0.1) is 39.0 Å². The third-order valence-corrected chi connectivity index (χ3v) is 4.80. The number of amides is 1. The predicted molar refractivity (Wildman–Crippen MR) is 99.5 cm³/mol. The first-order valence-electron chi connectivity index (χ1n) is 8.60. The Hall–Kier alpha value is -2.80. The predicted octanol–water partition coefficient (Wildman–Crippen LogP) is 3.90. The number of benzene rings is 1. The van der Waals surface area contributed by atoms with Gasteiger partial charge in [0.1, 0.15) is 11.6 Å². The van der Waals surface area contributed by atoms with Crippen molar-refractivity contribution in [3.05, 3.63) is 57.9 Å². The summed E-state index contributed by atoms with van der Waals surface area (Å²) in [5.74, 6) is -0.277.